The fourth-order valence-electron chi connectivity index (χ4n) is 3.73. The molecule has 0 saturated carbocycles. The monoisotopic (exact) mass is 638 g/mol. The van der Waals surface area contributed by atoms with Gasteiger partial charge in [-0.15, -0.1) is 0 Å². The molecule has 1 amide bonds. The topological polar surface area (TPSA) is 86.0 Å². The van der Waals surface area contributed by atoms with Crippen LogP contribution < -0.4 is 10.3 Å². The van der Waals surface area contributed by atoms with E-state index in [1.807, 2.05) is 26.0 Å². The lowest BCUT2D eigenvalue weighted by Crippen LogP contribution is -2.43. The fraction of sp³-hybridized carbons (Fsp3) is 0.360. The summed E-state index contributed by atoms with van der Waals surface area (Å²) in [4.78, 5) is 32.1. The zero-order valence-corrected chi connectivity index (χ0v) is 23.8. The molecule has 0 N–H and O–H groups in total. The first-order chi connectivity index (χ1) is 17.3. The van der Waals surface area contributed by atoms with E-state index in [1.165, 1.54) is 4.68 Å². The van der Waals surface area contributed by atoms with Gasteiger partial charge in [-0.1, -0.05) is 41.4 Å². The highest BCUT2D eigenvalue weighted by Gasteiger charge is 2.19. The predicted octanol–water partition coefficient (Wildman–Crippen LogP) is 5.21. The minimum Gasteiger partial charge on any atom is -0.481 e. The SMILES string of the molecule is CC[C@@H](C)c1nc2ccc(Br)cc2c(=O)n1N=Cc1cc(Cl)c(OCC(=O)N2CCOCC2)c(Br)c1. The summed E-state index contributed by atoms with van der Waals surface area (Å²) in [5.74, 6) is 0.850. The molecule has 2 aromatic carbocycles. The smallest absolute Gasteiger partial charge is 0.282 e. The lowest BCUT2D eigenvalue weighted by atomic mass is 10.1. The van der Waals surface area contributed by atoms with E-state index in [2.05, 4.69) is 37.0 Å². The van der Waals surface area contributed by atoms with E-state index in [0.717, 1.165) is 10.9 Å². The molecular formula is C25H25Br2ClN4O4. The Morgan fingerprint density at radius 3 is 2.72 bits per heavy atom. The van der Waals surface area contributed by atoms with Gasteiger partial charge in [-0.25, -0.2) is 4.98 Å². The number of morpholine rings is 1. The van der Waals surface area contributed by atoms with Crippen LogP contribution in [-0.2, 0) is 9.53 Å². The van der Waals surface area contributed by atoms with Crippen molar-refractivity contribution in [3.63, 3.8) is 0 Å². The molecule has 8 nitrogen and oxygen atoms in total. The largest absolute Gasteiger partial charge is 0.481 e. The van der Waals surface area contributed by atoms with Gasteiger partial charge in [0.25, 0.3) is 11.5 Å². The Hall–Kier alpha value is -2.27. The van der Waals surface area contributed by atoms with E-state index >= 15 is 0 Å². The number of hydrogen-bond acceptors (Lipinski definition) is 6. The molecule has 0 spiro atoms. The zero-order valence-electron chi connectivity index (χ0n) is 19.8. The number of amides is 1. The van der Waals surface area contributed by atoms with Crippen molar-refractivity contribution in [3.8, 4) is 5.75 Å². The van der Waals surface area contributed by atoms with Gasteiger partial charge in [0.15, 0.2) is 12.4 Å². The highest BCUT2D eigenvalue weighted by Crippen LogP contribution is 2.34. The van der Waals surface area contributed by atoms with Crippen molar-refractivity contribution in [2.45, 2.75) is 26.2 Å². The van der Waals surface area contributed by atoms with Crippen LogP contribution in [0.3, 0.4) is 0 Å². The third-order valence-electron chi connectivity index (χ3n) is 5.93. The van der Waals surface area contributed by atoms with Crippen LogP contribution in [0.15, 0.2) is 49.2 Å². The minimum atomic E-state index is -0.250. The Labute approximate surface area is 230 Å². The van der Waals surface area contributed by atoms with Gasteiger partial charge in [0, 0.05) is 23.5 Å². The summed E-state index contributed by atoms with van der Waals surface area (Å²) in [5.41, 5.74) is 1.03. The van der Waals surface area contributed by atoms with Gasteiger partial charge in [-0.2, -0.15) is 9.78 Å². The molecule has 190 valence electrons. The molecule has 0 bridgehead atoms. The van der Waals surface area contributed by atoms with Crippen molar-refractivity contribution in [2.24, 2.45) is 5.10 Å². The average Bonchev–Trinajstić information content (AvgIpc) is 2.87. The highest BCUT2D eigenvalue weighted by molar-refractivity contribution is 9.10. The molecule has 1 aromatic heterocycles. The number of fused-ring (bicyclic) bond motifs is 1. The van der Waals surface area contributed by atoms with E-state index in [0.29, 0.717) is 63.8 Å². The second-order valence-electron chi connectivity index (χ2n) is 8.40. The molecule has 1 atom stereocenters. The molecule has 2 heterocycles. The average molecular weight is 641 g/mol. The molecule has 1 fully saturated rings. The van der Waals surface area contributed by atoms with E-state index in [4.69, 9.17) is 26.1 Å². The Morgan fingerprint density at radius 2 is 2.03 bits per heavy atom. The van der Waals surface area contributed by atoms with Crippen LogP contribution in [0.4, 0.5) is 0 Å². The Bertz CT molecular complexity index is 1350. The van der Waals surface area contributed by atoms with Gasteiger partial charge < -0.3 is 14.4 Å². The van der Waals surface area contributed by atoms with E-state index in [1.54, 1.807) is 29.3 Å². The number of ether oxygens (including phenoxy) is 2. The summed E-state index contributed by atoms with van der Waals surface area (Å²) in [7, 11) is 0. The zero-order chi connectivity index (χ0) is 25.8. The maximum atomic E-state index is 13.3. The summed E-state index contributed by atoms with van der Waals surface area (Å²) >= 11 is 13.4. The summed E-state index contributed by atoms with van der Waals surface area (Å²) in [6.45, 7) is 6.06. The maximum Gasteiger partial charge on any atom is 0.282 e. The van der Waals surface area contributed by atoms with Crippen LogP contribution >= 0.6 is 43.5 Å². The Balaban J connectivity index is 1.60. The standard InChI is InChI=1S/C25H25Br2ClN4O4/c1-3-15(2)24-30-21-5-4-17(26)12-18(21)25(34)32(24)29-13-16-10-19(27)23(20(28)11-16)36-14-22(33)31-6-8-35-9-7-31/h4-5,10-13,15H,3,6-9,14H2,1-2H3/t15-/m1/s1. The molecule has 11 heteroatoms. The number of nitrogens with zero attached hydrogens (tertiary/aromatic N) is 4. The number of hydrogen-bond donors (Lipinski definition) is 0. The van der Waals surface area contributed by atoms with Gasteiger partial charge >= 0.3 is 0 Å². The van der Waals surface area contributed by atoms with Gasteiger partial charge in [0.2, 0.25) is 0 Å². The number of carbonyl (C=O) groups is 1. The molecule has 0 unspecified atom stereocenters. The third kappa shape index (κ3) is 5.99. The molecule has 0 aliphatic carbocycles. The molecule has 1 aliphatic rings. The summed E-state index contributed by atoms with van der Waals surface area (Å²) < 4.78 is 13.7. The van der Waals surface area contributed by atoms with E-state index in [9.17, 15) is 9.59 Å². The van der Waals surface area contributed by atoms with Crippen LogP contribution in [0.5, 0.6) is 5.75 Å². The van der Waals surface area contributed by atoms with Gasteiger partial charge in [0.1, 0.15) is 5.82 Å². The molecule has 36 heavy (non-hydrogen) atoms. The minimum absolute atomic E-state index is 0.0259. The van der Waals surface area contributed by atoms with Crippen molar-refractivity contribution >= 4 is 66.5 Å². The van der Waals surface area contributed by atoms with Crippen molar-refractivity contribution in [1.29, 1.82) is 0 Å². The number of carbonyl (C=O) groups excluding carboxylic acids is 1. The number of rotatable bonds is 7. The Kier molecular flexibility index (Phi) is 8.82. The number of benzene rings is 2. The van der Waals surface area contributed by atoms with Crippen molar-refractivity contribution in [3.05, 3.63) is 66.0 Å². The van der Waals surface area contributed by atoms with Crippen LogP contribution in [0.25, 0.3) is 10.9 Å². The van der Waals surface area contributed by atoms with Crippen molar-refractivity contribution in [2.75, 3.05) is 32.9 Å². The molecule has 1 aliphatic heterocycles. The van der Waals surface area contributed by atoms with Crippen LogP contribution in [0, 0.1) is 0 Å². The number of aromatic nitrogens is 2. The first-order valence-electron chi connectivity index (χ1n) is 11.5. The second kappa shape index (κ2) is 11.9. The number of halogens is 3. The fourth-order valence-corrected chi connectivity index (χ4v) is 5.08. The first-order valence-corrected chi connectivity index (χ1v) is 13.5. The quantitative estimate of drug-likeness (QED) is 0.331. The lowest BCUT2D eigenvalue weighted by molar-refractivity contribution is -0.137. The normalized spacial score (nSPS) is 15.0. The second-order valence-corrected chi connectivity index (χ2v) is 10.6. The highest BCUT2D eigenvalue weighted by atomic mass is 79.9. The van der Waals surface area contributed by atoms with E-state index in [-0.39, 0.29) is 24.0 Å². The molecule has 3 aromatic rings. The van der Waals surface area contributed by atoms with Gasteiger partial charge in [-0.05, 0) is 58.2 Å². The summed E-state index contributed by atoms with van der Waals surface area (Å²) in [5, 5.41) is 5.27. The van der Waals surface area contributed by atoms with Crippen LogP contribution in [0.1, 0.15) is 37.6 Å². The Morgan fingerprint density at radius 1 is 1.28 bits per heavy atom. The van der Waals surface area contributed by atoms with Crippen LogP contribution in [0.2, 0.25) is 5.02 Å². The summed E-state index contributed by atoms with van der Waals surface area (Å²) in [6, 6.07) is 8.86. The predicted molar refractivity (Wildman–Crippen MR) is 147 cm³/mol. The van der Waals surface area contributed by atoms with Crippen LogP contribution in [-0.4, -0.2) is 59.6 Å². The molecule has 0 radical (unpaired) electrons. The molecular weight excluding hydrogens is 616 g/mol. The lowest BCUT2D eigenvalue weighted by Gasteiger charge is -2.26. The van der Waals surface area contributed by atoms with Gasteiger partial charge in [-0.3, -0.25) is 9.59 Å². The van der Waals surface area contributed by atoms with Gasteiger partial charge in [0.05, 0.1) is 39.8 Å². The maximum absolute atomic E-state index is 13.3. The first kappa shape index (κ1) is 26.8. The summed E-state index contributed by atoms with van der Waals surface area (Å²) in [6.07, 6.45) is 2.36. The van der Waals surface area contributed by atoms with Crippen molar-refractivity contribution < 1.29 is 14.3 Å². The van der Waals surface area contributed by atoms with Crippen molar-refractivity contribution in [1.82, 2.24) is 14.6 Å². The third-order valence-corrected chi connectivity index (χ3v) is 7.30. The van der Waals surface area contributed by atoms with E-state index < -0.39 is 0 Å². The molecule has 1 saturated heterocycles. The molecule has 4 rings (SSSR count).